The molecule has 8 nitrogen and oxygen atoms in total. The van der Waals surface area contributed by atoms with E-state index >= 15 is 0 Å². The SMILES string of the molecule is COc1cccc(C(=O)Oc2ccc(C=NNC(=O)COc3ccccc3C)cc2OC)c1. The van der Waals surface area contributed by atoms with Gasteiger partial charge in [-0.05, 0) is 60.5 Å². The smallest absolute Gasteiger partial charge is 0.343 e. The number of aryl methyl sites for hydroxylation is 1. The number of para-hydroxylation sites is 1. The third kappa shape index (κ3) is 6.57. The molecular formula is C25H24N2O6. The fourth-order valence-electron chi connectivity index (χ4n) is 2.83. The standard InChI is InChI=1S/C25H24N2O6/c1-17-7-4-5-10-21(17)32-16-24(28)27-26-15-18-11-12-22(23(13-18)31-3)33-25(29)19-8-6-9-20(14-19)30-2/h4-15H,16H2,1-3H3,(H,27,28). The normalized spacial score (nSPS) is 10.5. The minimum absolute atomic E-state index is 0.162. The second-order valence-corrected chi connectivity index (χ2v) is 6.88. The van der Waals surface area contributed by atoms with Crippen molar-refractivity contribution >= 4 is 18.1 Å². The van der Waals surface area contributed by atoms with Crippen LogP contribution in [0.2, 0.25) is 0 Å². The van der Waals surface area contributed by atoms with E-state index in [1.807, 2.05) is 25.1 Å². The van der Waals surface area contributed by atoms with E-state index in [1.54, 1.807) is 48.5 Å². The molecular weight excluding hydrogens is 424 g/mol. The molecule has 0 atom stereocenters. The Kier molecular flexibility index (Phi) is 8.02. The summed E-state index contributed by atoms with van der Waals surface area (Å²) in [6, 6.07) is 19.0. The third-order valence-electron chi connectivity index (χ3n) is 4.55. The van der Waals surface area contributed by atoms with Crippen molar-refractivity contribution in [3.8, 4) is 23.0 Å². The summed E-state index contributed by atoms with van der Waals surface area (Å²) in [6.07, 6.45) is 1.45. The Balaban J connectivity index is 1.58. The number of benzene rings is 3. The van der Waals surface area contributed by atoms with Crippen LogP contribution in [-0.4, -0.2) is 38.9 Å². The van der Waals surface area contributed by atoms with Crippen LogP contribution in [-0.2, 0) is 4.79 Å². The largest absolute Gasteiger partial charge is 0.497 e. The van der Waals surface area contributed by atoms with Gasteiger partial charge in [0, 0.05) is 0 Å². The summed E-state index contributed by atoms with van der Waals surface area (Å²) in [4.78, 5) is 24.4. The first-order chi connectivity index (χ1) is 16.0. The van der Waals surface area contributed by atoms with Crippen LogP contribution in [0, 0.1) is 6.92 Å². The Bertz CT molecular complexity index is 1160. The van der Waals surface area contributed by atoms with Gasteiger partial charge in [-0.15, -0.1) is 0 Å². The zero-order valence-corrected chi connectivity index (χ0v) is 18.5. The Morgan fingerprint density at radius 3 is 2.48 bits per heavy atom. The monoisotopic (exact) mass is 448 g/mol. The van der Waals surface area contributed by atoms with Gasteiger partial charge in [0.2, 0.25) is 0 Å². The Morgan fingerprint density at radius 1 is 0.909 bits per heavy atom. The maximum atomic E-state index is 12.4. The quantitative estimate of drug-likeness (QED) is 0.232. The number of ether oxygens (including phenoxy) is 4. The second kappa shape index (κ2) is 11.3. The number of rotatable bonds is 9. The average Bonchev–Trinajstić information content (AvgIpc) is 2.84. The van der Waals surface area contributed by atoms with Gasteiger partial charge in [-0.2, -0.15) is 5.10 Å². The Hall–Kier alpha value is -4.33. The summed E-state index contributed by atoms with van der Waals surface area (Å²) in [6.45, 7) is 1.74. The zero-order valence-electron chi connectivity index (χ0n) is 18.5. The van der Waals surface area contributed by atoms with E-state index in [0.29, 0.717) is 28.4 Å². The van der Waals surface area contributed by atoms with Crippen molar-refractivity contribution in [2.24, 2.45) is 5.10 Å². The maximum absolute atomic E-state index is 12.4. The van der Waals surface area contributed by atoms with Crippen molar-refractivity contribution in [1.29, 1.82) is 0 Å². The van der Waals surface area contributed by atoms with Crippen molar-refractivity contribution < 1.29 is 28.5 Å². The van der Waals surface area contributed by atoms with E-state index < -0.39 is 11.9 Å². The number of carbonyl (C=O) groups excluding carboxylic acids is 2. The number of hydrogen-bond acceptors (Lipinski definition) is 7. The fourth-order valence-corrected chi connectivity index (χ4v) is 2.83. The van der Waals surface area contributed by atoms with E-state index in [-0.39, 0.29) is 12.4 Å². The summed E-state index contributed by atoms with van der Waals surface area (Å²) in [7, 11) is 2.98. The van der Waals surface area contributed by atoms with Gasteiger partial charge in [0.15, 0.2) is 18.1 Å². The summed E-state index contributed by atoms with van der Waals surface area (Å²) in [5.74, 6) is 0.831. The molecule has 0 spiro atoms. The molecule has 3 aromatic carbocycles. The van der Waals surface area contributed by atoms with Gasteiger partial charge in [-0.3, -0.25) is 4.79 Å². The minimum atomic E-state index is -0.547. The van der Waals surface area contributed by atoms with Crippen LogP contribution in [0.3, 0.4) is 0 Å². The molecule has 0 aliphatic carbocycles. The molecule has 0 heterocycles. The summed E-state index contributed by atoms with van der Waals surface area (Å²) >= 11 is 0. The number of nitrogens with zero attached hydrogens (tertiary/aromatic N) is 1. The Morgan fingerprint density at radius 2 is 1.73 bits per heavy atom. The summed E-state index contributed by atoms with van der Waals surface area (Å²) < 4.78 is 21.4. The van der Waals surface area contributed by atoms with Gasteiger partial charge < -0.3 is 18.9 Å². The molecule has 0 aliphatic rings. The number of carbonyl (C=O) groups is 2. The van der Waals surface area contributed by atoms with Crippen LogP contribution in [0.1, 0.15) is 21.5 Å². The minimum Gasteiger partial charge on any atom is -0.497 e. The van der Waals surface area contributed by atoms with Crippen LogP contribution in [0.4, 0.5) is 0 Å². The predicted octanol–water partition coefficient (Wildman–Crippen LogP) is 3.76. The molecule has 8 heteroatoms. The molecule has 0 radical (unpaired) electrons. The zero-order chi connectivity index (χ0) is 23.6. The van der Waals surface area contributed by atoms with Crippen LogP contribution in [0.25, 0.3) is 0 Å². The molecule has 0 saturated carbocycles. The average molecular weight is 448 g/mol. The topological polar surface area (TPSA) is 95.5 Å². The molecule has 0 aromatic heterocycles. The molecule has 0 unspecified atom stereocenters. The first-order valence-corrected chi connectivity index (χ1v) is 10.0. The first kappa shape index (κ1) is 23.3. The highest BCUT2D eigenvalue weighted by atomic mass is 16.6. The van der Waals surface area contributed by atoms with Crippen molar-refractivity contribution in [2.45, 2.75) is 6.92 Å². The summed E-state index contributed by atoms with van der Waals surface area (Å²) in [5, 5.41) is 3.93. The second-order valence-electron chi connectivity index (χ2n) is 6.88. The maximum Gasteiger partial charge on any atom is 0.343 e. The lowest BCUT2D eigenvalue weighted by Gasteiger charge is -2.10. The van der Waals surface area contributed by atoms with Crippen LogP contribution >= 0.6 is 0 Å². The number of nitrogens with one attached hydrogen (secondary N) is 1. The molecule has 0 saturated heterocycles. The van der Waals surface area contributed by atoms with Gasteiger partial charge in [-0.25, -0.2) is 10.2 Å². The number of hydrogen-bond donors (Lipinski definition) is 1. The summed E-state index contributed by atoms with van der Waals surface area (Å²) in [5.41, 5.74) is 4.32. The van der Waals surface area contributed by atoms with E-state index in [2.05, 4.69) is 10.5 Å². The number of hydrazone groups is 1. The molecule has 170 valence electrons. The third-order valence-corrected chi connectivity index (χ3v) is 4.55. The number of methoxy groups -OCH3 is 2. The van der Waals surface area contributed by atoms with Crippen molar-refractivity contribution in [2.75, 3.05) is 20.8 Å². The van der Waals surface area contributed by atoms with Crippen LogP contribution in [0.5, 0.6) is 23.0 Å². The highest BCUT2D eigenvalue weighted by molar-refractivity contribution is 5.92. The van der Waals surface area contributed by atoms with Gasteiger partial charge in [-0.1, -0.05) is 24.3 Å². The Labute approximate surface area is 191 Å². The predicted molar refractivity (Wildman–Crippen MR) is 123 cm³/mol. The molecule has 0 fully saturated rings. The fraction of sp³-hybridized carbons (Fsp3) is 0.160. The van der Waals surface area contributed by atoms with E-state index in [9.17, 15) is 9.59 Å². The lowest BCUT2D eigenvalue weighted by molar-refractivity contribution is -0.123. The van der Waals surface area contributed by atoms with Crippen LogP contribution < -0.4 is 24.4 Å². The number of amides is 1. The highest BCUT2D eigenvalue weighted by Crippen LogP contribution is 2.28. The molecule has 1 N–H and O–H groups in total. The van der Waals surface area contributed by atoms with E-state index in [4.69, 9.17) is 18.9 Å². The van der Waals surface area contributed by atoms with Crippen LogP contribution in [0.15, 0.2) is 71.8 Å². The van der Waals surface area contributed by atoms with Gasteiger partial charge in [0.05, 0.1) is 26.0 Å². The van der Waals surface area contributed by atoms with Crippen molar-refractivity contribution in [3.05, 3.63) is 83.4 Å². The number of esters is 1. The highest BCUT2D eigenvalue weighted by Gasteiger charge is 2.13. The first-order valence-electron chi connectivity index (χ1n) is 10.0. The molecule has 0 aliphatic heterocycles. The molecule has 0 bridgehead atoms. The van der Waals surface area contributed by atoms with Crippen molar-refractivity contribution in [1.82, 2.24) is 5.43 Å². The molecule has 1 amide bonds. The van der Waals surface area contributed by atoms with E-state index in [1.165, 1.54) is 20.4 Å². The molecule has 3 aromatic rings. The lowest BCUT2D eigenvalue weighted by atomic mass is 10.2. The molecule has 33 heavy (non-hydrogen) atoms. The van der Waals surface area contributed by atoms with Crippen molar-refractivity contribution in [3.63, 3.8) is 0 Å². The van der Waals surface area contributed by atoms with Gasteiger partial charge in [0.25, 0.3) is 5.91 Å². The van der Waals surface area contributed by atoms with E-state index in [0.717, 1.165) is 5.56 Å². The molecule has 3 rings (SSSR count). The lowest BCUT2D eigenvalue weighted by Crippen LogP contribution is -2.24. The van der Waals surface area contributed by atoms with Gasteiger partial charge in [0.1, 0.15) is 11.5 Å². The van der Waals surface area contributed by atoms with Gasteiger partial charge >= 0.3 is 5.97 Å².